The SMILES string of the molecule is CC[C@@H](CO)NC(=O)Cc1ccc2ccccc2c1. The van der Waals surface area contributed by atoms with E-state index in [0.29, 0.717) is 6.42 Å². The molecule has 0 unspecified atom stereocenters. The van der Waals surface area contributed by atoms with E-state index in [4.69, 9.17) is 5.11 Å². The molecule has 1 atom stereocenters. The van der Waals surface area contributed by atoms with Crippen molar-refractivity contribution in [2.24, 2.45) is 0 Å². The molecule has 0 spiro atoms. The summed E-state index contributed by atoms with van der Waals surface area (Å²) in [5, 5.41) is 14.2. The zero-order valence-corrected chi connectivity index (χ0v) is 11.1. The fourth-order valence-electron chi connectivity index (χ4n) is 2.09. The maximum atomic E-state index is 11.9. The molecule has 0 aliphatic carbocycles. The van der Waals surface area contributed by atoms with Gasteiger partial charge in [-0.25, -0.2) is 0 Å². The molecule has 3 nitrogen and oxygen atoms in total. The molecule has 0 aliphatic heterocycles. The van der Waals surface area contributed by atoms with E-state index in [1.165, 1.54) is 5.39 Å². The maximum Gasteiger partial charge on any atom is 0.224 e. The molecule has 2 N–H and O–H groups in total. The summed E-state index contributed by atoms with van der Waals surface area (Å²) in [5.41, 5.74) is 0.990. The Morgan fingerprint density at radius 3 is 2.63 bits per heavy atom. The molecule has 0 saturated carbocycles. The van der Waals surface area contributed by atoms with Gasteiger partial charge in [-0.05, 0) is 22.8 Å². The van der Waals surface area contributed by atoms with E-state index >= 15 is 0 Å². The van der Waals surface area contributed by atoms with Crippen molar-refractivity contribution in [2.45, 2.75) is 25.8 Å². The van der Waals surface area contributed by atoms with Crippen molar-refractivity contribution in [2.75, 3.05) is 6.61 Å². The minimum atomic E-state index is -0.145. The van der Waals surface area contributed by atoms with Crippen LogP contribution in [0.25, 0.3) is 10.8 Å². The third-order valence-corrected chi connectivity index (χ3v) is 3.26. The average Bonchev–Trinajstić information content (AvgIpc) is 2.44. The third kappa shape index (κ3) is 3.55. The second kappa shape index (κ2) is 6.34. The second-order valence-electron chi connectivity index (χ2n) is 4.71. The van der Waals surface area contributed by atoms with Gasteiger partial charge in [0.15, 0.2) is 0 Å². The van der Waals surface area contributed by atoms with Crippen LogP contribution in [-0.2, 0) is 11.2 Å². The Hall–Kier alpha value is -1.87. The van der Waals surface area contributed by atoms with Crippen LogP contribution in [-0.4, -0.2) is 23.7 Å². The molecule has 100 valence electrons. The first kappa shape index (κ1) is 13.6. The average molecular weight is 257 g/mol. The van der Waals surface area contributed by atoms with Gasteiger partial charge in [-0.15, -0.1) is 0 Å². The molecule has 3 heteroatoms. The number of benzene rings is 2. The van der Waals surface area contributed by atoms with Gasteiger partial charge < -0.3 is 10.4 Å². The molecule has 0 bridgehead atoms. The zero-order chi connectivity index (χ0) is 13.7. The highest BCUT2D eigenvalue weighted by atomic mass is 16.3. The van der Waals surface area contributed by atoms with E-state index in [9.17, 15) is 4.79 Å². The first-order chi connectivity index (χ1) is 9.22. The van der Waals surface area contributed by atoms with Gasteiger partial charge >= 0.3 is 0 Å². The number of aliphatic hydroxyl groups excluding tert-OH is 1. The summed E-state index contributed by atoms with van der Waals surface area (Å²) in [6.07, 6.45) is 1.08. The summed E-state index contributed by atoms with van der Waals surface area (Å²) in [7, 11) is 0. The van der Waals surface area contributed by atoms with Crippen LogP contribution in [0.15, 0.2) is 42.5 Å². The lowest BCUT2D eigenvalue weighted by Gasteiger charge is -2.14. The summed E-state index contributed by atoms with van der Waals surface area (Å²) in [5.74, 6) is -0.0452. The molecule has 2 aromatic rings. The first-order valence-corrected chi connectivity index (χ1v) is 6.61. The molecule has 0 radical (unpaired) electrons. The predicted molar refractivity (Wildman–Crippen MR) is 77.0 cm³/mol. The number of hydrogen-bond donors (Lipinski definition) is 2. The Morgan fingerprint density at radius 1 is 1.21 bits per heavy atom. The van der Waals surface area contributed by atoms with Crippen LogP contribution in [0.4, 0.5) is 0 Å². The molecular formula is C16H19NO2. The van der Waals surface area contributed by atoms with Crippen LogP contribution in [0.1, 0.15) is 18.9 Å². The van der Waals surface area contributed by atoms with Crippen LogP contribution in [0.5, 0.6) is 0 Å². The molecule has 2 aromatic carbocycles. The summed E-state index contributed by atoms with van der Waals surface area (Å²) in [6.45, 7) is 1.93. The Labute approximate surface area is 113 Å². The summed E-state index contributed by atoms with van der Waals surface area (Å²) in [6, 6.07) is 14.0. The lowest BCUT2D eigenvalue weighted by Crippen LogP contribution is -2.37. The highest BCUT2D eigenvalue weighted by Crippen LogP contribution is 2.15. The molecule has 0 saturated heterocycles. The van der Waals surface area contributed by atoms with E-state index in [0.717, 1.165) is 17.4 Å². The number of aliphatic hydroxyl groups is 1. The quantitative estimate of drug-likeness (QED) is 0.863. The monoisotopic (exact) mass is 257 g/mol. The van der Waals surface area contributed by atoms with Gasteiger partial charge in [0.2, 0.25) is 5.91 Å². The fraction of sp³-hybridized carbons (Fsp3) is 0.312. The molecule has 1 amide bonds. The molecule has 19 heavy (non-hydrogen) atoms. The van der Waals surface area contributed by atoms with Crippen LogP contribution >= 0.6 is 0 Å². The Morgan fingerprint density at radius 2 is 1.95 bits per heavy atom. The van der Waals surface area contributed by atoms with Crippen LogP contribution in [0.2, 0.25) is 0 Å². The van der Waals surface area contributed by atoms with Crippen molar-refractivity contribution >= 4 is 16.7 Å². The van der Waals surface area contributed by atoms with Gasteiger partial charge in [0, 0.05) is 0 Å². The van der Waals surface area contributed by atoms with E-state index in [2.05, 4.69) is 11.4 Å². The molecule has 0 heterocycles. The number of carbonyl (C=O) groups is 1. The van der Waals surface area contributed by atoms with E-state index < -0.39 is 0 Å². The largest absolute Gasteiger partial charge is 0.394 e. The highest BCUT2D eigenvalue weighted by Gasteiger charge is 2.09. The minimum absolute atomic E-state index is 0.0139. The van der Waals surface area contributed by atoms with E-state index in [-0.39, 0.29) is 18.6 Å². The number of rotatable bonds is 5. The Bertz CT molecular complexity index is 561. The van der Waals surface area contributed by atoms with Crippen molar-refractivity contribution < 1.29 is 9.90 Å². The van der Waals surface area contributed by atoms with Gasteiger partial charge in [-0.3, -0.25) is 4.79 Å². The first-order valence-electron chi connectivity index (χ1n) is 6.61. The van der Waals surface area contributed by atoms with E-state index in [1.54, 1.807) is 0 Å². The number of nitrogens with one attached hydrogen (secondary N) is 1. The van der Waals surface area contributed by atoms with Crippen LogP contribution in [0.3, 0.4) is 0 Å². The number of hydrogen-bond acceptors (Lipinski definition) is 2. The molecule has 0 aromatic heterocycles. The third-order valence-electron chi connectivity index (χ3n) is 3.26. The van der Waals surface area contributed by atoms with Crippen molar-refractivity contribution in [1.82, 2.24) is 5.32 Å². The van der Waals surface area contributed by atoms with Crippen LogP contribution in [0, 0.1) is 0 Å². The lowest BCUT2D eigenvalue weighted by molar-refractivity contribution is -0.121. The summed E-state index contributed by atoms with van der Waals surface area (Å²) in [4.78, 5) is 11.9. The normalized spacial score (nSPS) is 12.3. The van der Waals surface area contributed by atoms with Gasteiger partial charge in [0.05, 0.1) is 19.1 Å². The minimum Gasteiger partial charge on any atom is -0.394 e. The zero-order valence-electron chi connectivity index (χ0n) is 11.1. The summed E-state index contributed by atoms with van der Waals surface area (Å²) >= 11 is 0. The van der Waals surface area contributed by atoms with Gasteiger partial charge in [0.25, 0.3) is 0 Å². The number of amides is 1. The Balaban J connectivity index is 2.06. The van der Waals surface area contributed by atoms with Crippen molar-refractivity contribution in [1.29, 1.82) is 0 Å². The second-order valence-corrected chi connectivity index (χ2v) is 4.71. The smallest absolute Gasteiger partial charge is 0.224 e. The fourth-order valence-corrected chi connectivity index (χ4v) is 2.09. The maximum absolute atomic E-state index is 11.9. The summed E-state index contributed by atoms with van der Waals surface area (Å²) < 4.78 is 0. The number of carbonyl (C=O) groups excluding carboxylic acids is 1. The van der Waals surface area contributed by atoms with Gasteiger partial charge in [0.1, 0.15) is 0 Å². The predicted octanol–water partition coefficient (Wildman–Crippen LogP) is 2.27. The van der Waals surface area contributed by atoms with Crippen molar-refractivity contribution in [3.8, 4) is 0 Å². The van der Waals surface area contributed by atoms with Crippen molar-refractivity contribution in [3.05, 3.63) is 48.0 Å². The molecule has 0 fully saturated rings. The highest BCUT2D eigenvalue weighted by molar-refractivity contribution is 5.85. The van der Waals surface area contributed by atoms with Gasteiger partial charge in [-0.2, -0.15) is 0 Å². The molecule has 0 aliphatic rings. The lowest BCUT2D eigenvalue weighted by atomic mass is 10.0. The Kier molecular flexibility index (Phi) is 4.53. The number of fused-ring (bicyclic) bond motifs is 1. The van der Waals surface area contributed by atoms with E-state index in [1.807, 2.05) is 43.3 Å². The topological polar surface area (TPSA) is 49.3 Å². The standard InChI is InChI=1S/C16H19NO2/c1-2-15(11-18)17-16(19)10-12-7-8-13-5-3-4-6-14(13)9-12/h3-9,15,18H,2,10-11H2,1H3,(H,17,19)/t15-/m0/s1. The molecular weight excluding hydrogens is 238 g/mol. The van der Waals surface area contributed by atoms with Crippen LogP contribution < -0.4 is 5.32 Å². The molecule has 2 rings (SSSR count). The van der Waals surface area contributed by atoms with Crippen molar-refractivity contribution in [3.63, 3.8) is 0 Å². The van der Waals surface area contributed by atoms with Gasteiger partial charge in [-0.1, -0.05) is 49.4 Å².